The van der Waals surface area contributed by atoms with Gasteiger partial charge in [-0.3, -0.25) is 9.59 Å². The summed E-state index contributed by atoms with van der Waals surface area (Å²) in [5.74, 6) is -0.978. The third-order valence-electron chi connectivity index (χ3n) is 2.57. The van der Waals surface area contributed by atoms with Crippen LogP contribution in [0.1, 0.15) is 35.3 Å². The van der Waals surface area contributed by atoms with Crippen LogP contribution in [0.5, 0.6) is 0 Å². The molecule has 3 nitrogen and oxygen atoms in total. The van der Waals surface area contributed by atoms with Crippen LogP contribution in [0.4, 0.5) is 0 Å². The second kappa shape index (κ2) is 5.96. The number of Topliss-reactive ketones (excluding diaryl/α,β-unsaturated/α-hetero) is 1. The Morgan fingerprint density at radius 2 is 1.94 bits per heavy atom. The van der Waals surface area contributed by atoms with Gasteiger partial charge < -0.3 is 5.11 Å². The van der Waals surface area contributed by atoms with Crippen LogP contribution in [0.2, 0.25) is 0 Å². The third kappa shape index (κ3) is 3.40. The Labute approximate surface area is 109 Å². The first-order chi connectivity index (χ1) is 7.97. The summed E-state index contributed by atoms with van der Waals surface area (Å²) in [5.41, 5.74) is 2.05. The average molecular weight is 299 g/mol. The van der Waals surface area contributed by atoms with Gasteiger partial charge in [0.05, 0.1) is 11.2 Å². The number of rotatable bonds is 5. The van der Waals surface area contributed by atoms with Crippen molar-refractivity contribution in [2.24, 2.45) is 0 Å². The van der Waals surface area contributed by atoms with E-state index in [1.807, 2.05) is 13.0 Å². The van der Waals surface area contributed by atoms with Crippen LogP contribution in [-0.2, 0) is 17.6 Å². The van der Waals surface area contributed by atoms with Gasteiger partial charge in [0, 0.05) is 5.56 Å². The number of hydrogen-bond acceptors (Lipinski definition) is 2. The number of alkyl halides is 1. The second-order valence-electron chi connectivity index (χ2n) is 3.86. The monoisotopic (exact) mass is 298 g/mol. The summed E-state index contributed by atoms with van der Waals surface area (Å²) < 4.78 is 0. The van der Waals surface area contributed by atoms with Crippen LogP contribution in [0.3, 0.4) is 0 Å². The topological polar surface area (TPSA) is 54.4 Å². The predicted molar refractivity (Wildman–Crippen MR) is 69.9 cm³/mol. The third-order valence-corrected chi connectivity index (χ3v) is 2.98. The van der Waals surface area contributed by atoms with Crippen LogP contribution in [-0.4, -0.2) is 21.7 Å². The molecule has 92 valence electrons. The molecule has 1 unspecified atom stereocenters. The van der Waals surface area contributed by atoms with Gasteiger partial charge >= 0.3 is 5.97 Å². The highest BCUT2D eigenvalue weighted by Crippen LogP contribution is 2.20. The van der Waals surface area contributed by atoms with Crippen molar-refractivity contribution in [1.82, 2.24) is 0 Å². The van der Waals surface area contributed by atoms with Crippen LogP contribution in [0.15, 0.2) is 18.2 Å². The van der Waals surface area contributed by atoms with Gasteiger partial charge in [-0.05, 0) is 24.5 Å². The van der Waals surface area contributed by atoms with Crippen molar-refractivity contribution in [3.05, 3.63) is 34.9 Å². The number of aliphatic carboxylic acids is 1. The van der Waals surface area contributed by atoms with Crippen LogP contribution in [0, 0.1) is 0 Å². The quantitative estimate of drug-likeness (QED) is 0.672. The molecule has 1 atom stereocenters. The summed E-state index contributed by atoms with van der Waals surface area (Å²) in [4.78, 5) is 22.6. The molecular weight excluding hydrogens is 284 g/mol. The van der Waals surface area contributed by atoms with E-state index in [4.69, 9.17) is 5.11 Å². The van der Waals surface area contributed by atoms with Crippen LogP contribution in [0.25, 0.3) is 0 Å². The van der Waals surface area contributed by atoms with Crippen molar-refractivity contribution in [1.29, 1.82) is 0 Å². The van der Waals surface area contributed by atoms with Gasteiger partial charge in [0.2, 0.25) is 0 Å². The highest BCUT2D eigenvalue weighted by atomic mass is 79.9. The molecule has 0 spiro atoms. The summed E-state index contributed by atoms with van der Waals surface area (Å²) in [6.45, 7) is 3.70. The second-order valence-corrected chi connectivity index (χ2v) is 5.23. The van der Waals surface area contributed by atoms with Gasteiger partial charge in [0.25, 0.3) is 0 Å². The lowest BCUT2D eigenvalue weighted by Crippen LogP contribution is -2.17. The minimum Gasteiger partial charge on any atom is -0.481 e. The molecule has 0 bridgehead atoms. The molecule has 0 radical (unpaired) electrons. The van der Waals surface area contributed by atoms with Crippen molar-refractivity contribution < 1.29 is 14.7 Å². The van der Waals surface area contributed by atoms with Crippen LogP contribution < -0.4 is 0 Å². The molecule has 0 aliphatic heterocycles. The van der Waals surface area contributed by atoms with Gasteiger partial charge in [-0.25, -0.2) is 0 Å². The number of aryl methyl sites for hydroxylation is 1. The highest BCUT2D eigenvalue weighted by Gasteiger charge is 2.20. The molecule has 0 saturated carbocycles. The number of carbonyl (C=O) groups excluding carboxylic acids is 1. The van der Waals surface area contributed by atoms with Crippen LogP contribution >= 0.6 is 15.9 Å². The maximum absolute atomic E-state index is 12.1. The van der Waals surface area contributed by atoms with Gasteiger partial charge in [-0.15, -0.1) is 0 Å². The average Bonchev–Trinajstić information content (AvgIpc) is 2.26. The number of carboxylic acids is 1. The molecular formula is C13H15BrO3. The van der Waals surface area contributed by atoms with Crippen molar-refractivity contribution in [2.45, 2.75) is 31.5 Å². The zero-order chi connectivity index (χ0) is 13.0. The molecule has 17 heavy (non-hydrogen) atoms. The summed E-state index contributed by atoms with van der Waals surface area (Å²) >= 11 is 3.24. The number of carbonyl (C=O) groups is 2. The smallest absolute Gasteiger partial charge is 0.307 e. The van der Waals surface area contributed by atoms with Crippen molar-refractivity contribution in [3.8, 4) is 0 Å². The van der Waals surface area contributed by atoms with Gasteiger partial charge in [-0.2, -0.15) is 0 Å². The zero-order valence-corrected chi connectivity index (χ0v) is 11.5. The number of carboxylic acid groups (broad SMARTS) is 1. The van der Waals surface area contributed by atoms with E-state index in [2.05, 4.69) is 15.9 Å². The Bertz CT molecular complexity index is 438. The number of halogens is 1. The van der Waals surface area contributed by atoms with Crippen molar-refractivity contribution >= 4 is 27.7 Å². The fraction of sp³-hybridized carbons (Fsp3) is 0.385. The molecule has 0 aliphatic carbocycles. The van der Waals surface area contributed by atoms with E-state index in [1.54, 1.807) is 19.1 Å². The molecule has 1 rings (SSSR count). The Morgan fingerprint density at radius 1 is 1.35 bits per heavy atom. The first-order valence-corrected chi connectivity index (χ1v) is 6.39. The summed E-state index contributed by atoms with van der Waals surface area (Å²) in [7, 11) is 0. The number of hydrogen-bond donors (Lipinski definition) is 1. The van der Waals surface area contributed by atoms with E-state index in [0.717, 1.165) is 5.56 Å². The highest BCUT2D eigenvalue weighted by molar-refractivity contribution is 9.10. The molecule has 1 aromatic carbocycles. The van der Waals surface area contributed by atoms with E-state index in [-0.39, 0.29) is 17.0 Å². The molecule has 0 aromatic heterocycles. The normalized spacial score (nSPS) is 12.2. The number of ketones is 1. The molecule has 4 heteroatoms. The maximum Gasteiger partial charge on any atom is 0.307 e. The largest absolute Gasteiger partial charge is 0.481 e. The molecule has 0 fully saturated rings. The summed E-state index contributed by atoms with van der Waals surface area (Å²) in [5, 5.41) is 8.85. The fourth-order valence-electron chi connectivity index (χ4n) is 1.77. The summed E-state index contributed by atoms with van der Waals surface area (Å²) in [6, 6.07) is 5.37. The minimum absolute atomic E-state index is 0.0568. The molecule has 1 N–H and O–H groups in total. The zero-order valence-electron chi connectivity index (χ0n) is 9.87. The van der Waals surface area contributed by atoms with Gasteiger partial charge in [0.15, 0.2) is 5.78 Å². The molecule has 1 aromatic rings. The Kier molecular flexibility index (Phi) is 4.87. The van der Waals surface area contributed by atoms with E-state index in [0.29, 0.717) is 17.5 Å². The summed E-state index contributed by atoms with van der Waals surface area (Å²) in [6.07, 6.45) is 0.600. The minimum atomic E-state index is -0.922. The van der Waals surface area contributed by atoms with E-state index < -0.39 is 5.97 Å². The first kappa shape index (κ1) is 13.9. The van der Waals surface area contributed by atoms with E-state index in [9.17, 15) is 9.59 Å². The lowest BCUT2D eigenvalue weighted by Gasteiger charge is -2.13. The molecule has 0 saturated heterocycles. The van der Waals surface area contributed by atoms with E-state index in [1.165, 1.54) is 0 Å². The predicted octanol–water partition coefficient (Wildman–Crippen LogP) is 2.84. The molecule has 0 amide bonds. The molecule has 0 heterocycles. The fourth-order valence-corrected chi connectivity index (χ4v) is 2.00. The van der Waals surface area contributed by atoms with Gasteiger partial charge in [0.1, 0.15) is 0 Å². The lowest BCUT2D eigenvalue weighted by atomic mass is 9.93. The maximum atomic E-state index is 12.1. The first-order valence-electron chi connectivity index (χ1n) is 5.48. The van der Waals surface area contributed by atoms with Crippen molar-refractivity contribution in [3.63, 3.8) is 0 Å². The van der Waals surface area contributed by atoms with Gasteiger partial charge in [-0.1, -0.05) is 41.1 Å². The molecule has 0 aliphatic rings. The van der Waals surface area contributed by atoms with Crippen molar-refractivity contribution in [2.75, 3.05) is 0 Å². The Morgan fingerprint density at radius 3 is 2.41 bits per heavy atom. The van der Waals surface area contributed by atoms with E-state index >= 15 is 0 Å². The number of benzene rings is 1. The lowest BCUT2D eigenvalue weighted by molar-refractivity contribution is -0.136. The SMILES string of the molecule is CCc1cccc(CC(=O)O)c1C(=O)C(C)Br. The Balaban J connectivity index is 3.29. The Hall–Kier alpha value is -1.16. The standard InChI is InChI=1S/C13H15BrO3/c1-3-9-5-4-6-10(7-11(15)16)12(9)13(17)8(2)14/h4-6,8H,3,7H2,1-2H3,(H,15,16).